The Morgan fingerprint density at radius 3 is 3.00 bits per heavy atom. The number of piperidine rings is 1. The normalized spacial score (nSPS) is 24.3. The second-order valence-corrected chi connectivity index (χ2v) is 5.02. The number of carbonyl (C=O) groups excluding carboxylic acids is 1. The summed E-state index contributed by atoms with van der Waals surface area (Å²) in [5, 5.41) is 20.2. The molecule has 0 amide bonds. The first kappa shape index (κ1) is 13.7. The Labute approximate surface area is 110 Å². The molecule has 104 valence electrons. The van der Waals surface area contributed by atoms with Gasteiger partial charge < -0.3 is 10.1 Å². The van der Waals surface area contributed by atoms with Gasteiger partial charge in [0.15, 0.2) is 5.78 Å². The number of hydrogen-bond acceptors (Lipinski definition) is 5. The molecule has 1 aliphatic rings. The first-order valence-corrected chi connectivity index (χ1v) is 6.24. The Morgan fingerprint density at radius 2 is 2.42 bits per heavy atom. The Balaban J connectivity index is 1.95. The Hall–Kier alpha value is -1.73. The molecule has 1 saturated heterocycles. The highest BCUT2D eigenvalue weighted by Gasteiger charge is 2.26. The van der Waals surface area contributed by atoms with Crippen LogP contribution in [0.1, 0.15) is 23.8 Å². The summed E-state index contributed by atoms with van der Waals surface area (Å²) in [6.07, 6.45) is 1.56. The van der Waals surface area contributed by atoms with E-state index in [0.717, 1.165) is 0 Å². The highest BCUT2D eigenvalue weighted by molar-refractivity contribution is 5.96. The number of nitrogens with zero attached hydrogens (tertiary/aromatic N) is 2. The molecule has 2 atom stereocenters. The van der Waals surface area contributed by atoms with E-state index >= 15 is 0 Å². The summed E-state index contributed by atoms with van der Waals surface area (Å²) in [5.74, 6) is -0.0313. The number of aliphatic hydroxyl groups is 1. The average Bonchev–Trinajstić information content (AvgIpc) is 2.83. The Bertz CT molecular complexity index is 485. The Kier molecular flexibility index (Phi) is 3.96. The second-order valence-electron chi connectivity index (χ2n) is 5.02. The van der Waals surface area contributed by atoms with E-state index in [9.17, 15) is 20.0 Å². The zero-order valence-corrected chi connectivity index (χ0v) is 10.7. The van der Waals surface area contributed by atoms with Crippen molar-refractivity contribution in [1.29, 1.82) is 0 Å². The molecule has 2 rings (SSSR count). The standard InChI is InChI=1S/C12H17N3O4/c1-8-6-14(3-2-11(8)16)7-12(17)10-4-9(5-13-10)15(18)19/h4-5,8,11,13,16H,2-3,6-7H2,1H3. The third kappa shape index (κ3) is 3.18. The van der Waals surface area contributed by atoms with E-state index in [0.29, 0.717) is 19.5 Å². The van der Waals surface area contributed by atoms with E-state index in [2.05, 4.69) is 4.98 Å². The zero-order valence-electron chi connectivity index (χ0n) is 10.7. The van der Waals surface area contributed by atoms with Gasteiger partial charge in [-0.3, -0.25) is 19.8 Å². The smallest absolute Gasteiger partial charge is 0.287 e. The number of hydrogen-bond donors (Lipinski definition) is 2. The number of H-pyrrole nitrogens is 1. The minimum absolute atomic E-state index is 0.106. The third-order valence-electron chi connectivity index (χ3n) is 3.49. The number of nitrogens with one attached hydrogen (secondary N) is 1. The topological polar surface area (TPSA) is 99.5 Å². The molecule has 2 N–H and O–H groups in total. The second kappa shape index (κ2) is 5.50. The molecule has 1 aromatic heterocycles. The van der Waals surface area contributed by atoms with Gasteiger partial charge in [0.25, 0.3) is 5.69 Å². The molecule has 0 radical (unpaired) electrons. The van der Waals surface area contributed by atoms with Crippen molar-refractivity contribution in [2.45, 2.75) is 19.4 Å². The van der Waals surface area contributed by atoms with Crippen molar-refractivity contribution in [2.24, 2.45) is 5.92 Å². The molecule has 0 bridgehead atoms. The van der Waals surface area contributed by atoms with Gasteiger partial charge in [0.2, 0.25) is 0 Å². The number of aromatic amines is 1. The summed E-state index contributed by atoms with van der Waals surface area (Å²) in [7, 11) is 0. The minimum atomic E-state index is -0.535. The van der Waals surface area contributed by atoms with Gasteiger partial charge in [-0.15, -0.1) is 0 Å². The highest BCUT2D eigenvalue weighted by Crippen LogP contribution is 2.18. The number of aliphatic hydroxyl groups excluding tert-OH is 1. The lowest BCUT2D eigenvalue weighted by Gasteiger charge is -2.33. The molecular formula is C12H17N3O4. The van der Waals surface area contributed by atoms with Crippen LogP contribution >= 0.6 is 0 Å². The van der Waals surface area contributed by atoms with Crippen LogP contribution in [0.3, 0.4) is 0 Å². The Morgan fingerprint density at radius 1 is 1.68 bits per heavy atom. The predicted octanol–water partition coefficient (Wildman–Crippen LogP) is 0.808. The van der Waals surface area contributed by atoms with Crippen molar-refractivity contribution >= 4 is 11.5 Å². The fourth-order valence-electron chi connectivity index (χ4n) is 2.30. The average molecular weight is 267 g/mol. The largest absolute Gasteiger partial charge is 0.393 e. The molecular weight excluding hydrogens is 250 g/mol. The first-order valence-electron chi connectivity index (χ1n) is 6.24. The summed E-state index contributed by atoms with van der Waals surface area (Å²) in [4.78, 5) is 26.6. The molecule has 0 saturated carbocycles. The molecule has 0 aliphatic carbocycles. The summed E-state index contributed by atoms with van der Waals surface area (Å²) in [6, 6.07) is 1.25. The number of likely N-dealkylation sites (tertiary alicyclic amines) is 1. The van der Waals surface area contributed by atoms with Gasteiger partial charge in [0.1, 0.15) is 0 Å². The van der Waals surface area contributed by atoms with Gasteiger partial charge in [-0.2, -0.15) is 0 Å². The lowest BCUT2D eigenvalue weighted by molar-refractivity contribution is -0.384. The maximum absolute atomic E-state index is 12.0. The number of carbonyl (C=O) groups is 1. The number of nitro groups is 1. The van der Waals surface area contributed by atoms with Crippen molar-refractivity contribution in [1.82, 2.24) is 9.88 Å². The minimum Gasteiger partial charge on any atom is -0.393 e. The number of ketones is 1. The van der Waals surface area contributed by atoms with Crippen LogP contribution in [-0.4, -0.2) is 51.4 Å². The summed E-state index contributed by atoms with van der Waals surface area (Å²) in [5.41, 5.74) is 0.149. The molecule has 2 heterocycles. The fraction of sp³-hybridized carbons (Fsp3) is 0.583. The van der Waals surface area contributed by atoms with Crippen molar-refractivity contribution in [3.63, 3.8) is 0 Å². The van der Waals surface area contributed by atoms with Crippen molar-refractivity contribution < 1.29 is 14.8 Å². The van der Waals surface area contributed by atoms with Gasteiger partial charge >= 0.3 is 0 Å². The molecule has 0 aromatic carbocycles. The van der Waals surface area contributed by atoms with E-state index in [1.54, 1.807) is 0 Å². The molecule has 0 spiro atoms. The predicted molar refractivity (Wildman–Crippen MR) is 68.0 cm³/mol. The van der Waals surface area contributed by atoms with Crippen LogP contribution in [0.2, 0.25) is 0 Å². The molecule has 1 fully saturated rings. The zero-order chi connectivity index (χ0) is 14.0. The molecule has 1 aromatic rings. The monoisotopic (exact) mass is 267 g/mol. The first-order chi connectivity index (χ1) is 8.97. The highest BCUT2D eigenvalue weighted by atomic mass is 16.6. The molecule has 19 heavy (non-hydrogen) atoms. The van der Waals surface area contributed by atoms with Crippen LogP contribution < -0.4 is 0 Å². The van der Waals surface area contributed by atoms with Crippen LogP contribution in [0.25, 0.3) is 0 Å². The summed E-state index contributed by atoms with van der Waals surface area (Å²) < 4.78 is 0. The van der Waals surface area contributed by atoms with E-state index in [4.69, 9.17) is 0 Å². The van der Waals surface area contributed by atoms with E-state index in [-0.39, 0.29) is 35.7 Å². The van der Waals surface area contributed by atoms with Crippen molar-refractivity contribution in [3.8, 4) is 0 Å². The lowest BCUT2D eigenvalue weighted by atomic mass is 9.96. The quantitative estimate of drug-likeness (QED) is 0.477. The van der Waals surface area contributed by atoms with Crippen LogP contribution in [0.4, 0.5) is 5.69 Å². The molecule has 2 unspecified atom stereocenters. The molecule has 7 nitrogen and oxygen atoms in total. The third-order valence-corrected chi connectivity index (χ3v) is 3.49. The van der Waals surface area contributed by atoms with Gasteiger partial charge in [-0.05, 0) is 12.3 Å². The maximum atomic E-state index is 12.0. The maximum Gasteiger partial charge on any atom is 0.287 e. The van der Waals surface area contributed by atoms with Crippen LogP contribution in [0.5, 0.6) is 0 Å². The van der Waals surface area contributed by atoms with E-state index < -0.39 is 4.92 Å². The lowest BCUT2D eigenvalue weighted by Crippen LogP contribution is -2.44. The number of Topliss-reactive ketones (excluding diaryl/α,β-unsaturated/α-hetero) is 1. The van der Waals surface area contributed by atoms with E-state index in [1.807, 2.05) is 11.8 Å². The van der Waals surface area contributed by atoms with Gasteiger partial charge in [-0.25, -0.2) is 0 Å². The molecule has 1 aliphatic heterocycles. The van der Waals surface area contributed by atoms with Crippen LogP contribution in [0.15, 0.2) is 12.3 Å². The molecule has 7 heteroatoms. The van der Waals surface area contributed by atoms with Crippen LogP contribution in [0, 0.1) is 16.0 Å². The van der Waals surface area contributed by atoms with E-state index in [1.165, 1.54) is 12.3 Å². The number of rotatable bonds is 4. The summed E-state index contributed by atoms with van der Waals surface area (Å²) in [6.45, 7) is 3.49. The van der Waals surface area contributed by atoms with Gasteiger partial charge in [-0.1, -0.05) is 6.92 Å². The SMILES string of the molecule is CC1CN(CC(=O)c2cc([N+](=O)[O-])c[nH]2)CCC1O. The van der Waals surface area contributed by atoms with Gasteiger partial charge in [0.05, 0.1) is 29.5 Å². The summed E-state index contributed by atoms with van der Waals surface area (Å²) >= 11 is 0. The van der Waals surface area contributed by atoms with Crippen molar-refractivity contribution in [3.05, 3.63) is 28.1 Å². The fourth-order valence-corrected chi connectivity index (χ4v) is 2.30. The van der Waals surface area contributed by atoms with Gasteiger partial charge in [0, 0.05) is 19.2 Å². The van der Waals surface area contributed by atoms with Crippen LogP contribution in [-0.2, 0) is 0 Å². The van der Waals surface area contributed by atoms with Crippen molar-refractivity contribution in [2.75, 3.05) is 19.6 Å². The number of aromatic nitrogens is 1.